The molecule has 0 radical (unpaired) electrons. The number of aromatic nitrogens is 6. The van der Waals surface area contributed by atoms with Gasteiger partial charge in [0.25, 0.3) is 5.56 Å². The Bertz CT molecular complexity index is 1390. The molecule has 0 amide bonds. The van der Waals surface area contributed by atoms with E-state index in [4.69, 9.17) is 0 Å². The van der Waals surface area contributed by atoms with Crippen molar-refractivity contribution >= 4 is 43.5 Å². The standard InChI is InChI=1S/C19H16N6OS/c1-3-8-23-16-9-12(2)27-18(16)13-10-20-25(19(26)17(13)23)11-24-15-7-5-4-6-14(15)21-22-24/h3-7,9-10H,1,8,11H2,2H3. The van der Waals surface area contributed by atoms with Crippen molar-refractivity contribution in [2.45, 2.75) is 20.1 Å². The molecule has 0 spiro atoms. The number of hydrogen-bond acceptors (Lipinski definition) is 5. The van der Waals surface area contributed by atoms with E-state index in [0.717, 1.165) is 26.6 Å². The topological polar surface area (TPSA) is 70.5 Å². The van der Waals surface area contributed by atoms with Crippen LogP contribution in [0.25, 0.3) is 32.2 Å². The molecule has 0 fully saturated rings. The second-order valence-electron chi connectivity index (χ2n) is 6.40. The minimum Gasteiger partial charge on any atom is -0.331 e. The summed E-state index contributed by atoms with van der Waals surface area (Å²) in [7, 11) is 0. The summed E-state index contributed by atoms with van der Waals surface area (Å²) in [6, 6.07) is 9.77. The summed E-state index contributed by atoms with van der Waals surface area (Å²) < 4.78 is 6.22. The third kappa shape index (κ3) is 2.33. The number of benzene rings is 1. The van der Waals surface area contributed by atoms with Gasteiger partial charge in [-0.25, -0.2) is 9.36 Å². The number of aryl methyl sites for hydroxylation is 1. The van der Waals surface area contributed by atoms with Crippen molar-refractivity contribution in [3.05, 3.63) is 64.4 Å². The zero-order chi connectivity index (χ0) is 18.5. The number of thiophene rings is 1. The van der Waals surface area contributed by atoms with Gasteiger partial charge in [-0.15, -0.1) is 23.0 Å². The molecule has 0 atom stereocenters. The lowest BCUT2D eigenvalue weighted by Crippen LogP contribution is -2.27. The quantitative estimate of drug-likeness (QED) is 0.452. The van der Waals surface area contributed by atoms with E-state index in [1.54, 1.807) is 28.3 Å². The largest absolute Gasteiger partial charge is 0.331 e. The fraction of sp³-hybridized carbons (Fsp3) is 0.158. The van der Waals surface area contributed by atoms with Gasteiger partial charge in [-0.3, -0.25) is 4.79 Å². The van der Waals surface area contributed by atoms with Crippen molar-refractivity contribution < 1.29 is 0 Å². The first kappa shape index (κ1) is 16.0. The third-order valence-corrected chi connectivity index (χ3v) is 5.73. The van der Waals surface area contributed by atoms with Crippen LogP contribution in [0.4, 0.5) is 0 Å². The van der Waals surface area contributed by atoms with Crippen LogP contribution in [0.15, 0.2) is 54.0 Å². The molecule has 0 saturated carbocycles. The summed E-state index contributed by atoms with van der Waals surface area (Å²) in [6.07, 6.45) is 3.58. The first-order valence-electron chi connectivity index (χ1n) is 8.55. The first-order chi connectivity index (χ1) is 13.2. The summed E-state index contributed by atoms with van der Waals surface area (Å²) in [4.78, 5) is 14.4. The van der Waals surface area contributed by atoms with Crippen LogP contribution in [0, 0.1) is 6.92 Å². The van der Waals surface area contributed by atoms with Crippen molar-refractivity contribution in [2.75, 3.05) is 0 Å². The number of rotatable bonds is 4. The normalized spacial score (nSPS) is 11.7. The molecule has 0 aliphatic carbocycles. The molecule has 0 bridgehead atoms. The van der Waals surface area contributed by atoms with Crippen molar-refractivity contribution in [3.63, 3.8) is 0 Å². The Morgan fingerprint density at radius 2 is 2.07 bits per heavy atom. The predicted molar refractivity (Wildman–Crippen MR) is 107 cm³/mol. The fourth-order valence-corrected chi connectivity index (χ4v) is 4.51. The Morgan fingerprint density at radius 1 is 1.22 bits per heavy atom. The van der Waals surface area contributed by atoms with Crippen LogP contribution in [0.1, 0.15) is 4.88 Å². The van der Waals surface area contributed by atoms with Crippen molar-refractivity contribution in [1.82, 2.24) is 29.3 Å². The van der Waals surface area contributed by atoms with Crippen LogP contribution in [0.3, 0.4) is 0 Å². The maximum Gasteiger partial charge on any atom is 0.293 e. The molecule has 5 rings (SSSR count). The van der Waals surface area contributed by atoms with Crippen molar-refractivity contribution in [1.29, 1.82) is 0 Å². The zero-order valence-electron chi connectivity index (χ0n) is 14.7. The smallest absolute Gasteiger partial charge is 0.293 e. The fourth-order valence-electron chi connectivity index (χ4n) is 3.49. The number of allylic oxidation sites excluding steroid dienone is 1. The minimum atomic E-state index is -0.144. The Balaban J connectivity index is 1.72. The second-order valence-corrected chi connectivity index (χ2v) is 7.66. The van der Waals surface area contributed by atoms with Gasteiger partial charge in [-0.05, 0) is 25.1 Å². The van der Waals surface area contributed by atoms with E-state index in [1.807, 2.05) is 28.8 Å². The van der Waals surface area contributed by atoms with Gasteiger partial charge >= 0.3 is 0 Å². The monoisotopic (exact) mass is 376 g/mol. The summed E-state index contributed by atoms with van der Waals surface area (Å²) in [6.45, 7) is 6.69. The number of para-hydroxylation sites is 1. The Kier molecular flexibility index (Phi) is 3.48. The average Bonchev–Trinajstić information content (AvgIpc) is 3.32. The van der Waals surface area contributed by atoms with Gasteiger partial charge in [0, 0.05) is 16.8 Å². The van der Waals surface area contributed by atoms with Gasteiger partial charge in [-0.1, -0.05) is 23.4 Å². The van der Waals surface area contributed by atoms with Gasteiger partial charge in [0.1, 0.15) is 17.7 Å². The maximum absolute atomic E-state index is 13.2. The molecule has 0 aliphatic rings. The van der Waals surface area contributed by atoms with Crippen LogP contribution in [0.5, 0.6) is 0 Å². The van der Waals surface area contributed by atoms with Gasteiger partial charge < -0.3 is 4.57 Å². The molecular formula is C19H16N6OS. The molecule has 4 aromatic heterocycles. The van der Waals surface area contributed by atoms with Gasteiger partial charge in [-0.2, -0.15) is 5.10 Å². The lowest BCUT2D eigenvalue weighted by atomic mass is 10.3. The Hall–Kier alpha value is -3.26. The summed E-state index contributed by atoms with van der Waals surface area (Å²) in [5.74, 6) is 0. The molecule has 0 unspecified atom stereocenters. The molecule has 0 saturated heterocycles. The SMILES string of the molecule is C=CCn1c2cc(C)sc2c2cnn(Cn3nnc4ccccc43)c(=O)c21. The Labute approximate surface area is 157 Å². The van der Waals surface area contributed by atoms with Crippen LogP contribution in [-0.4, -0.2) is 29.3 Å². The van der Waals surface area contributed by atoms with E-state index in [1.165, 1.54) is 9.56 Å². The van der Waals surface area contributed by atoms with E-state index >= 15 is 0 Å². The molecular weight excluding hydrogens is 360 g/mol. The van der Waals surface area contributed by atoms with Crippen LogP contribution < -0.4 is 5.56 Å². The van der Waals surface area contributed by atoms with E-state index in [2.05, 4.69) is 35.0 Å². The molecule has 27 heavy (non-hydrogen) atoms. The average molecular weight is 376 g/mol. The van der Waals surface area contributed by atoms with Gasteiger partial charge in [0.2, 0.25) is 0 Å². The van der Waals surface area contributed by atoms with Gasteiger partial charge in [0.15, 0.2) is 0 Å². The highest BCUT2D eigenvalue weighted by molar-refractivity contribution is 7.20. The van der Waals surface area contributed by atoms with Crippen LogP contribution >= 0.6 is 11.3 Å². The zero-order valence-corrected chi connectivity index (χ0v) is 15.5. The number of hydrogen-bond donors (Lipinski definition) is 0. The first-order valence-corrected chi connectivity index (χ1v) is 9.36. The molecule has 8 heteroatoms. The van der Waals surface area contributed by atoms with E-state index in [9.17, 15) is 4.79 Å². The van der Waals surface area contributed by atoms with E-state index in [0.29, 0.717) is 12.1 Å². The summed E-state index contributed by atoms with van der Waals surface area (Å²) >= 11 is 1.68. The third-order valence-electron chi connectivity index (χ3n) is 4.66. The number of nitrogens with zero attached hydrogens (tertiary/aromatic N) is 6. The molecule has 1 aromatic carbocycles. The van der Waals surface area contributed by atoms with Crippen molar-refractivity contribution in [2.24, 2.45) is 0 Å². The maximum atomic E-state index is 13.2. The molecule has 7 nitrogen and oxygen atoms in total. The molecule has 0 N–H and O–H groups in total. The van der Waals surface area contributed by atoms with Gasteiger partial charge in [0.05, 0.1) is 21.9 Å². The number of fused-ring (bicyclic) bond motifs is 4. The van der Waals surface area contributed by atoms with Crippen molar-refractivity contribution in [3.8, 4) is 0 Å². The molecule has 0 aliphatic heterocycles. The van der Waals surface area contributed by atoms with Crippen LogP contribution in [0.2, 0.25) is 0 Å². The molecule has 4 heterocycles. The molecule has 5 aromatic rings. The lowest BCUT2D eigenvalue weighted by Gasteiger charge is -2.07. The Morgan fingerprint density at radius 3 is 2.93 bits per heavy atom. The highest BCUT2D eigenvalue weighted by atomic mass is 32.1. The van der Waals surface area contributed by atoms with E-state index in [-0.39, 0.29) is 12.2 Å². The summed E-state index contributed by atoms with van der Waals surface area (Å²) in [5.41, 5.74) is 3.21. The molecule has 134 valence electrons. The predicted octanol–water partition coefficient (Wildman–Crippen LogP) is 3.16. The highest BCUT2D eigenvalue weighted by Crippen LogP contribution is 2.33. The van der Waals surface area contributed by atoms with E-state index < -0.39 is 0 Å². The van der Waals surface area contributed by atoms with Crippen LogP contribution in [-0.2, 0) is 13.2 Å². The lowest BCUT2D eigenvalue weighted by molar-refractivity contribution is 0.483. The minimum absolute atomic E-state index is 0.144. The second kappa shape index (κ2) is 5.88. The summed E-state index contributed by atoms with van der Waals surface area (Å²) in [5, 5.41) is 13.6. The highest BCUT2D eigenvalue weighted by Gasteiger charge is 2.18.